The zero-order valence-corrected chi connectivity index (χ0v) is 22.0. The van der Waals surface area contributed by atoms with Crippen LogP contribution >= 0.6 is 0 Å². The van der Waals surface area contributed by atoms with Gasteiger partial charge in [-0.05, 0) is 50.5 Å². The quantitative estimate of drug-likeness (QED) is 0.403. The summed E-state index contributed by atoms with van der Waals surface area (Å²) in [6.07, 6.45) is -4.91. The number of nitriles is 1. The van der Waals surface area contributed by atoms with Crippen molar-refractivity contribution >= 4 is 11.9 Å². The van der Waals surface area contributed by atoms with Gasteiger partial charge in [0.15, 0.2) is 0 Å². The number of nitrogens with zero attached hydrogens (tertiary/aromatic N) is 2. The lowest BCUT2D eigenvalue weighted by atomic mass is 9.61. The van der Waals surface area contributed by atoms with Gasteiger partial charge in [-0.3, -0.25) is 4.79 Å². The summed E-state index contributed by atoms with van der Waals surface area (Å²) in [6, 6.07) is 5.36. The third kappa shape index (κ3) is 5.41. The van der Waals surface area contributed by atoms with Crippen LogP contribution in [0.2, 0.25) is 0 Å². The summed E-state index contributed by atoms with van der Waals surface area (Å²) in [6.45, 7) is 7.82. The lowest BCUT2D eigenvalue weighted by Crippen LogP contribution is -2.49. The number of hydrogen-bond acceptors (Lipinski definition) is 6. The Morgan fingerprint density at radius 2 is 1.95 bits per heavy atom. The molecule has 1 aliphatic heterocycles. The third-order valence-electron chi connectivity index (χ3n) is 6.55. The highest BCUT2D eigenvalue weighted by Gasteiger charge is 2.51. The summed E-state index contributed by atoms with van der Waals surface area (Å²) < 4.78 is 47.7. The molecule has 12 heteroatoms. The Balaban J connectivity index is 2.12. The number of ether oxygens (including phenoxy) is 1. The van der Waals surface area contributed by atoms with Gasteiger partial charge in [0.1, 0.15) is 17.2 Å². The number of halogens is 3. The number of aromatic amines is 1. The van der Waals surface area contributed by atoms with Crippen LogP contribution in [0.25, 0.3) is 0 Å². The van der Waals surface area contributed by atoms with Crippen molar-refractivity contribution in [2.45, 2.75) is 64.6 Å². The number of nitrogens with one attached hydrogen (secondary N) is 2. The summed E-state index contributed by atoms with van der Waals surface area (Å²) in [5.74, 6) is 3.01. The topological polar surface area (TPSA) is 154 Å². The van der Waals surface area contributed by atoms with Crippen molar-refractivity contribution in [2.24, 2.45) is 11.7 Å². The number of carboxylic acid groups (broad SMARTS) is 1. The van der Waals surface area contributed by atoms with Crippen LogP contribution in [0.3, 0.4) is 0 Å². The fourth-order valence-corrected chi connectivity index (χ4v) is 4.67. The molecular weight excluding hydrogens is 515 g/mol. The summed E-state index contributed by atoms with van der Waals surface area (Å²) in [5, 5.41) is 28.4. The van der Waals surface area contributed by atoms with Gasteiger partial charge in [0.2, 0.25) is 17.7 Å². The Morgan fingerprint density at radius 3 is 2.51 bits per heavy atom. The van der Waals surface area contributed by atoms with Crippen LogP contribution in [0.5, 0.6) is 5.88 Å². The van der Waals surface area contributed by atoms with Gasteiger partial charge in [0.25, 0.3) is 0 Å². The lowest BCUT2D eigenvalue weighted by molar-refractivity contribution is -0.146. The number of nitrogens with two attached hydrogens (primary N) is 1. The first-order valence-electron chi connectivity index (χ1n) is 11.9. The molecular formula is C27H28F3N5O4. The van der Waals surface area contributed by atoms with E-state index in [1.54, 1.807) is 20.8 Å². The highest BCUT2D eigenvalue weighted by Crippen LogP contribution is 2.53. The van der Waals surface area contributed by atoms with Crippen LogP contribution in [-0.2, 0) is 21.2 Å². The average molecular weight is 544 g/mol. The largest absolute Gasteiger partial charge is 0.480 e. The number of rotatable bonds is 6. The maximum atomic E-state index is 14.0. The van der Waals surface area contributed by atoms with E-state index in [1.807, 2.05) is 6.07 Å². The Labute approximate surface area is 223 Å². The molecule has 1 amide bonds. The van der Waals surface area contributed by atoms with E-state index in [1.165, 1.54) is 19.9 Å². The minimum Gasteiger partial charge on any atom is -0.480 e. The minimum absolute atomic E-state index is 0.0103. The van der Waals surface area contributed by atoms with E-state index in [0.717, 1.165) is 12.1 Å². The van der Waals surface area contributed by atoms with Crippen LogP contribution in [0, 0.1) is 36.0 Å². The molecule has 2 aromatic rings. The van der Waals surface area contributed by atoms with Crippen molar-refractivity contribution in [3.63, 3.8) is 0 Å². The molecule has 0 bridgehead atoms. The molecule has 0 saturated carbocycles. The highest BCUT2D eigenvalue weighted by atomic mass is 19.4. The van der Waals surface area contributed by atoms with E-state index in [4.69, 9.17) is 15.6 Å². The van der Waals surface area contributed by atoms with Crippen molar-refractivity contribution < 1.29 is 32.6 Å². The summed E-state index contributed by atoms with van der Waals surface area (Å²) in [4.78, 5) is 23.3. The van der Waals surface area contributed by atoms with Crippen molar-refractivity contribution in [1.29, 1.82) is 5.26 Å². The SMILES string of the molecule is Cc1n[nH]c2c1C(c1cc(C#CCCC(=O)NC(C)(C)C(=O)O)cc(C(F)(F)F)c1)(C(C)C)C(C#N)=C(N)O2. The first kappa shape index (κ1) is 29.1. The van der Waals surface area contributed by atoms with Crippen LogP contribution in [0.15, 0.2) is 29.7 Å². The van der Waals surface area contributed by atoms with Crippen molar-refractivity contribution in [2.75, 3.05) is 0 Å². The number of amides is 1. The van der Waals surface area contributed by atoms with Gasteiger partial charge >= 0.3 is 12.1 Å². The molecule has 1 aliphatic rings. The van der Waals surface area contributed by atoms with Gasteiger partial charge in [-0.1, -0.05) is 25.7 Å². The lowest BCUT2D eigenvalue weighted by Gasteiger charge is -2.41. The fourth-order valence-electron chi connectivity index (χ4n) is 4.67. The fraction of sp³-hybridized carbons (Fsp3) is 0.407. The maximum absolute atomic E-state index is 14.0. The minimum atomic E-state index is -4.73. The first-order chi connectivity index (χ1) is 18.0. The number of fused-ring (bicyclic) bond motifs is 1. The zero-order valence-electron chi connectivity index (χ0n) is 22.0. The van der Waals surface area contributed by atoms with E-state index >= 15 is 0 Å². The second-order valence-corrected chi connectivity index (χ2v) is 10.0. The second kappa shape index (κ2) is 10.4. The van der Waals surface area contributed by atoms with Gasteiger partial charge in [0, 0.05) is 18.4 Å². The first-order valence-corrected chi connectivity index (χ1v) is 11.9. The Hall–Kier alpha value is -4.45. The molecule has 2 heterocycles. The predicted octanol–water partition coefficient (Wildman–Crippen LogP) is 3.88. The number of benzene rings is 1. The molecule has 39 heavy (non-hydrogen) atoms. The molecule has 1 atom stereocenters. The van der Waals surface area contributed by atoms with Gasteiger partial charge < -0.3 is 20.9 Å². The second-order valence-electron chi connectivity index (χ2n) is 10.0. The zero-order chi connectivity index (χ0) is 29.3. The molecule has 0 aliphatic carbocycles. The standard InChI is InChI=1S/C27H28F3N5O4/c1-14(2)26(19(13-31)22(32)39-23-21(26)15(3)34-35-23)17-10-16(11-18(12-17)27(28,29)30)8-6-7-9-20(36)33-25(4,5)24(37)38/h10-12,14H,7,9,32H2,1-5H3,(H,33,36)(H,34,35)(H,37,38). The Bertz CT molecular complexity index is 1450. The number of carbonyl (C=O) groups is 2. The Morgan fingerprint density at radius 1 is 1.28 bits per heavy atom. The van der Waals surface area contributed by atoms with Crippen molar-refractivity contribution in [3.05, 3.63) is 57.6 Å². The number of carbonyl (C=O) groups excluding carboxylic acids is 1. The Kier molecular flexibility index (Phi) is 7.74. The van der Waals surface area contributed by atoms with E-state index in [2.05, 4.69) is 27.4 Å². The molecule has 3 rings (SSSR count). The maximum Gasteiger partial charge on any atom is 0.416 e. The van der Waals surface area contributed by atoms with Crippen LogP contribution in [0.1, 0.15) is 68.5 Å². The number of hydrogen-bond donors (Lipinski definition) is 4. The summed E-state index contributed by atoms with van der Waals surface area (Å²) in [7, 11) is 0. The molecule has 1 unspecified atom stereocenters. The van der Waals surface area contributed by atoms with Crippen LogP contribution < -0.4 is 15.8 Å². The molecule has 9 nitrogen and oxygen atoms in total. The van der Waals surface area contributed by atoms with E-state index < -0.39 is 40.5 Å². The normalized spacial score (nSPS) is 17.0. The third-order valence-corrected chi connectivity index (χ3v) is 6.55. The monoisotopic (exact) mass is 543 g/mol. The summed E-state index contributed by atoms with van der Waals surface area (Å²) >= 11 is 0. The van der Waals surface area contributed by atoms with Gasteiger partial charge in [-0.2, -0.15) is 23.5 Å². The van der Waals surface area contributed by atoms with Gasteiger partial charge in [-0.25, -0.2) is 9.89 Å². The number of H-pyrrole nitrogens is 1. The van der Waals surface area contributed by atoms with Crippen molar-refractivity contribution in [3.8, 4) is 23.8 Å². The number of allylic oxidation sites excluding steroid dienone is 1. The molecule has 0 spiro atoms. The van der Waals surface area contributed by atoms with Crippen LogP contribution in [0.4, 0.5) is 13.2 Å². The average Bonchev–Trinajstić information content (AvgIpc) is 3.19. The van der Waals surface area contributed by atoms with Gasteiger partial charge in [-0.15, -0.1) is 0 Å². The molecule has 1 aromatic heterocycles. The number of aliphatic carboxylic acids is 1. The van der Waals surface area contributed by atoms with Gasteiger partial charge in [0.05, 0.1) is 22.2 Å². The number of alkyl halides is 3. The molecule has 1 aromatic carbocycles. The molecule has 206 valence electrons. The predicted molar refractivity (Wildman–Crippen MR) is 134 cm³/mol. The highest BCUT2D eigenvalue weighted by molar-refractivity contribution is 5.86. The number of aryl methyl sites for hydroxylation is 1. The van der Waals surface area contributed by atoms with Crippen LogP contribution in [-0.4, -0.2) is 32.7 Å². The van der Waals surface area contributed by atoms with E-state index in [9.17, 15) is 28.0 Å². The van der Waals surface area contributed by atoms with E-state index in [-0.39, 0.29) is 41.3 Å². The molecule has 5 N–H and O–H groups in total. The van der Waals surface area contributed by atoms with Crippen molar-refractivity contribution in [1.82, 2.24) is 15.5 Å². The smallest absolute Gasteiger partial charge is 0.416 e. The molecule has 0 fully saturated rings. The number of carboxylic acids is 1. The molecule has 0 radical (unpaired) electrons. The number of aromatic nitrogens is 2. The van der Waals surface area contributed by atoms with E-state index in [0.29, 0.717) is 11.3 Å². The summed E-state index contributed by atoms with van der Waals surface area (Å²) in [5.41, 5.74) is 3.12. The molecule has 0 saturated heterocycles.